The first kappa shape index (κ1) is 28.9. The van der Waals surface area contributed by atoms with E-state index in [9.17, 15) is 27.2 Å². The number of aromatic nitrogens is 3. The maximum absolute atomic E-state index is 13.4. The minimum atomic E-state index is -4.76. The van der Waals surface area contributed by atoms with Crippen molar-refractivity contribution in [2.24, 2.45) is 0 Å². The van der Waals surface area contributed by atoms with Crippen molar-refractivity contribution in [3.05, 3.63) is 87.0 Å². The molecule has 2 aromatic heterocycles. The highest BCUT2D eigenvalue weighted by Crippen LogP contribution is 2.32. The van der Waals surface area contributed by atoms with Crippen LogP contribution in [0, 0.1) is 12.7 Å². The summed E-state index contributed by atoms with van der Waals surface area (Å²) in [7, 11) is 6.00. The number of carbonyl (C=O) groups is 2. The van der Waals surface area contributed by atoms with Gasteiger partial charge in [-0.25, -0.2) is 9.37 Å². The van der Waals surface area contributed by atoms with Crippen LogP contribution in [0.3, 0.4) is 0 Å². The Hall–Kier alpha value is -3.64. The van der Waals surface area contributed by atoms with Crippen LogP contribution in [-0.2, 0) is 12.7 Å². The molecule has 1 N–H and O–H groups in total. The van der Waals surface area contributed by atoms with Crippen LogP contribution in [0.15, 0.2) is 53.0 Å². The van der Waals surface area contributed by atoms with E-state index in [0.717, 1.165) is 0 Å². The smallest absolute Gasteiger partial charge is 0.318 e. The number of halogens is 5. The molecule has 38 heavy (non-hydrogen) atoms. The van der Waals surface area contributed by atoms with Gasteiger partial charge in [0.25, 0.3) is 5.91 Å². The van der Waals surface area contributed by atoms with Crippen molar-refractivity contribution < 1.29 is 27.2 Å². The van der Waals surface area contributed by atoms with Crippen LogP contribution < -0.4 is 5.32 Å². The molecule has 0 aliphatic heterocycles. The van der Waals surface area contributed by atoms with Gasteiger partial charge in [0.2, 0.25) is 0 Å². The molecule has 4 aromatic rings. The predicted octanol–water partition coefficient (Wildman–Crippen LogP) is 5.95. The summed E-state index contributed by atoms with van der Waals surface area (Å²) in [6.07, 6.45) is -4.33. The van der Waals surface area contributed by atoms with Gasteiger partial charge in [0, 0.05) is 9.86 Å². The van der Waals surface area contributed by atoms with E-state index in [4.69, 9.17) is 0 Å². The summed E-state index contributed by atoms with van der Waals surface area (Å²) in [6, 6.07) is 10.7. The molecular weight excluding hydrogens is 570 g/mol. The van der Waals surface area contributed by atoms with E-state index >= 15 is 0 Å². The van der Waals surface area contributed by atoms with Crippen LogP contribution in [0.4, 0.5) is 23.2 Å². The van der Waals surface area contributed by atoms with E-state index in [1.54, 1.807) is 19.1 Å². The van der Waals surface area contributed by atoms with Crippen molar-refractivity contribution in [1.29, 1.82) is 0 Å². The number of rotatable bonds is 5. The molecule has 0 unspecified atom stereocenters. The van der Waals surface area contributed by atoms with Crippen LogP contribution in [0.25, 0.3) is 10.9 Å². The first-order chi connectivity index (χ1) is 17.8. The molecule has 0 fully saturated rings. The number of carbonyl (C=O) groups excluding carboxylic acids is 2. The monoisotopic (exact) mass is 593 g/mol. The van der Waals surface area contributed by atoms with Crippen molar-refractivity contribution in [2.75, 3.05) is 26.5 Å². The summed E-state index contributed by atoms with van der Waals surface area (Å²) in [5, 5.41) is 6.89. The Labute approximate surface area is 224 Å². The number of aldehydes is 1. The largest absolute Gasteiger partial charge is 0.433 e. The molecule has 12 heteroatoms. The highest BCUT2D eigenvalue weighted by atomic mass is 79.9. The van der Waals surface area contributed by atoms with Gasteiger partial charge in [0.05, 0.1) is 29.0 Å². The van der Waals surface area contributed by atoms with E-state index in [2.05, 4.69) is 31.3 Å². The third kappa shape index (κ3) is 7.01. The predicted molar refractivity (Wildman–Crippen MR) is 140 cm³/mol. The number of hydrogen-bond donors (Lipinski definition) is 1. The normalized spacial score (nSPS) is 11.3. The quantitative estimate of drug-likeness (QED) is 0.228. The molecule has 0 atom stereocenters. The first-order valence-corrected chi connectivity index (χ1v) is 12.0. The molecular formula is C26H24BrF4N5O2. The maximum atomic E-state index is 13.4. The lowest BCUT2D eigenvalue weighted by Gasteiger charge is -2.13. The Morgan fingerprint density at radius 2 is 1.74 bits per heavy atom. The Morgan fingerprint density at radius 1 is 1.11 bits per heavy atom. The highest BCUT2D eigenvalue weighted by molar-refractivity contribution is 9.10. The second-order valence-corrected chi connectivity index (χ2v) is 9.67. The van der Waals surface area contributed by atoms with Crippen LogP contribution in [0.1, 0.15) is 37.8 Å². The standard InChI is InChI=1S/C23H15BrF4N4O2.C3H9N/c1-12-21(19(11-33)31-32(12)10-13-2-5-15(25)6-3-13)30-22(34)17-9-20(23(26,27)28)29-18-7-4-14(24)8-16(17)18;1-4(2)3/h2-9,11H,10H2,1H3,(H,30,34);1-3H3. The third-order valence-corrected chi connectivity index (χ3v) is 5.63. The summed E-state index contributed by atoms with van der Waals surface area (Å²) in [5.74, 6) is -1.26. The zero-order valence-corrected chi connectivity index (χ0v) is 22.5. The molecule has 0 aliphatic rings. The van der Waals surface area contributed by atoms with E-state index in [-0.39, 0.29) is 34.4 Å². The minimum Gasteiger partial charge on any atom is -0.318 e. The fourth-order valence-corrected chi connectivity index (χ4v) is 3.80. The van der Waals surface area contributed by atoms with Gasteiger partial charge in [-0.2, -0.15) is 18.3 Å². The average Bonchev–Trinajstić information content (AvgIpc) is 3.13. The Bertz CT molecular complexity index is 1460. The summed E-state index contributed by atoms with van der Waals surface area (Å²) >= 11 is 3.25. The second-order valence-electron chi connectivity index (χ2n) is 8.76. The van der Waals surface area contributed by atoms with Gasteiger partial charge in [-0.15, -0.1) is 0 Å². The zero-order chi connectivity index (χ0) is 28.2. The molecule has 7 nitrogen and oxygen atoms in total. The second kappa shape index (κ2) is 11.8. The number of benzene rings is 2. The molecule has 0 spiro atoms. The van der Waals surface area contributed by atoms with Crippen molar-refractivity contribution in [3.63, 3.8) is 0 Å². The summed E-state index contributed by atoms with van der Waals surface area (Å²) in [5.41, 5.74) is -0.424. The number of nitrogens with zero attached hydrogens (tertiary/aromatic N) is 4. The molecule has 0 bridgehead atoms. The molecule has 2 heterocycles. The van der Waals surface area contributed by atoms with E-state index in [1.165, 1.54) is 35.0 Å². The minimum absolute atomic E-state index is 0.0116. The van der Waals surface area contributed by atoms with Gasteiger partial charge in [0.1, 0.15) is 17.2 Å². The number of hydrogen-bond acceptors (Lipinski definition) is 5. The molecule has 0 saturated carbocycles. The topological polar surface area (TPSA) is 80.1 Å². The van der Waals surface area contributed by atoms with Crippen LogP contribution >= 0.6 is 15.9 Å². The van der Waals surface area contributed by atoms with Gasteiger partial charge < -0.3 is 10.2 Å². The summed E-state index contributed by atoms with van der Waals surface area (Å²) in [4.78, 5) is 30.4. The first-order valence-electron chi connectivity index (χ1n) is 11.2. The number of alkyl halides is 3. The van der Waals surface area contributed by atoms with Gasteiger partial charge in [-0.3, -0.25) is 14.3 Å². The molecule has 1 amide bonds. The SMILES string of the molecule is CN(C)C.Cc1c(NC(=O)c2cc(C(F)(F)F)nc3ccc(Br)cc23)c(C=O)nn1Cc1ccc(F)cc1. The van der Waals surface area contributed by atoms with E-state index < -0.39 is 23.6 Å². The number of fused-ring (bicyclic) bond motifs is 1. The average molecular weight is 594 g/mol. The Morgan fingerprint density at radius 3 is 2.32 bits per heavy atom. The fourth-order valence-electron chi connectivity index (χ4n) is 3.44. The number of amides is 1. The van der Waals surface area contributed by atoms with Crippen molar-refractivity contribution in [1.82, 2.24) is 19.7 Å². The van der Waals surface area contributed by atoms with Crippen LogP contribution in [0.2, 0.25) is 0 Å². The highest BCUT2D eigenvalue weighted by Gasteiger charge is 2.34. The Balaban J connectivity index is 0.000000934. The third-order valence-electron chi connectivity index (χ3n) is 5.14. The van der Waals surface area contributed by atoms with Crippen molar-refractivity contribution in [2.45, 2.75) is 19.6 Å². The lowest BCUT2D eigenvalue weighted by atomic mass is 10.1. The lowest BCUT2D eigenvalue weighted by molar-refractivity contribution is -0.140. The van der Waals surface area contributed by atoms with Crippen LogP contribution in [-0.4, -0.2) is 53.0 Å². The van der Waals surface area contributed by atoms with Gasteiger partial charge in [0.15, 0.2) is 6.29 Å². The molecule has 4 rings (SSSR count). The molecule has 200 valence electrons. The zero-order valence-electron chi connectivity index (χ0n) is 20.9. The lowest BCUT2D eigenvalue weighted by Crippen LogP contribution is -2.17. The Kier molecular flexibility index (Phi) is 9.00. The van der Waals surface area contributed by atoms with Crippen molar-refractivity contribution in [3.8, 4) is 0 Å². The summed E-state index contributed by atoms with van der Waals surface area (Å²) < 4.78 is 55.4. The van der Waals surface area contributed by atoms with E-state index in [1.807, 2.05) is 26.0 Å². The van der Waals surface area contributed by atoms with Gasteiger partial charge in [-0.05, 0) is 70.0 Å². The number of nitrogens with one attached hydrogen (secondary N) is 1. The van der Waals surface area contributed by atoms with Gasteiger partial charge in [-0.1, -0.05) is 28.1 Å². The maximum Gasteiger partial charge on any atom is 0.433 e. The molecule has 0 radical (unpaired) electrons. The van der Waals surface area contributed by atoms with Crippen LogP contribution in [0.5, 0.6) is 0 Å². The molecule has 0 saturated heterocycles. The number of anilines is 1. The fraction of sp³-hybridized carbons (Fsp3) is 0.231. The molecule has 0 aliphatic carbocycles. The van der Waals surface area contributed by atoms with E-state index in [0.29, 0.717) is 28.1 Å². The summed E-state index contributed by atoms with van der Waals surface area (Å²) in [6.45, 7) is 1.79. The van der Waals surface area contributed by atoms with Crippen molar-refractivity contribution >= 4 is 44.7 Å². The number of pyridine rings is 1. The van der Waals surface area contributed by atoms with Gasteiger partial charge >= 0.3 is 6.18 Å². The molecule has 2 aromatic carbocycles.